The minimum Gasteiger partial charge on any atom is -0.378 e. The summed E-state index contributed by atoms with van der Waals surface area (Å²) in [6.45, 7) is 6.86. The van der Waals surface area contributed by atoms with Gasteiger partial charge in [-0.2, -0.15) is 0 Å². The summed E-state index contributed by atoms with van der Waals surface area (Å²) in [7, 11) is 1.67. The van der Waals surface area contributed by atoms with Crippen LogP contribution >= 0.6 is 0 Å². The Bertz CT molecular complexity index is 353. The maximum Gasteiger partial charge on any atom is 0.145 e. The SMILES string of the molecule is CCCC(N)c1nc(COC)cc(C(C)C)n1. The molecule has 0 aliphatic heterocycles. The number of nitrogens with two attached hydrogens (primary N) is 1. The van der Waals surface area contributed by atoms with Gasteiger partial charge in [0.1, 0.15) is 5.82 Å². The van der Waals surface area contributed by atoms with E-state index >= 15 is 0 Å². The molecular formula is C13H23N3O. The molecule has 1 aromatic rings. The summed E-state index contributed by atoms with van der Waals surface area (Å²) in [5, 5.41) is 0. The van der Waals surface area contributed by atoms with E-state index < -0.39 is 0 Å². The van der Waals surface area contributed by atoms with Gasteiger partial charge in [-0.3, -0.25) is 0 Å². The van der Waals surface area contributed by atoms with Crippen molar-refractivity contribution in [3.8, 4) is 0 Å². The fourth-order valence-corrected chi connectivity index (χ4v) is 1.66. The van der Waals surface area contributed by atoms with Gasteiger partial charge in [-0.15, -0.1) is 0 Å². The van der Waals surface area contributed by atoms with Gasteiger partial charge in [0.25, 0.3) is 0 Å². The Hall–Kier alpha value is -1.00. The van der Waals surface area contributed by atoms with Crippen molar-refractivity contribution < 1.29 is 4.74 Å². The molecular weight excluding hydrogens is 214 g/mol. The normalized spacial score (nSPS) is 13.1. The summed E-state index contributed by atoms with van der Waals surface area (Å²) in [5.41, 5.74) is 8.02. The van der Waals surface area contributed by atoms with Crippen LogP contribution in [-0.4, -0.2) is 17.1 Å². The van der Waals surface area contributed by atoms with Crippen molar-refractivity contribution >= 4 is 0 Å². The topological polar surface area (TPSA) is 61.0 Å². The van der Waals surface area contributed by atoms with Crippen molar-refractivity contribution in [1.82, 2.24) is 9.97 Å². The highest BCUT2D eigenvalue weighted by Gasteiger charge is 2.13. The summed E-state index contributed by atoms with van der Waals surface area (Å²) in [6, 6.07) is 1.92. The molecule has 0 aliphatic carbocycles. The zero-order valence-corrected chi connectivity index (χ0v) is 11.2. The predicted molar refractivity (Wildman–Crippen MR) is 68.7 cm³/mol. The largest absolute Gasteiger partial charge is 0.378 e. The number of hydrogen-bond acceptors (Lipinski definition) is 4. The molecule has 0 saturated carbocycles. The third-order valence-electron chi connectivity index (χ3n) is 2.63. The molecule has 1 aromatic heterocycles. The fourth-order valence-electron chi connectivity index (χ4n) is 1.66. The predicted octanol–water partition coefficient (Wildman–Crippen LogP) is 2.55. The van der Waals surface area contributed by atoms with Crippen molar-refractivity contribution in [3.63, 3.8) is 0 Å². The number of rotatable bonds is 6. The van der Waals surface area contributed by atoms with Crippen molar-refractivity contribution in [2.45, 2.75) is 52.2 Å². The molecule has 0 aromatic carbocycles. The van der Waals surface area contributed by atoms with Gasteiger partial charge in [0.05, 0.1) is 18.3 Å². The van der Waals surface area contributed by atoms with Crippen LogP contribution in [-0.2, 0) is 11.3 Å². The maximum atomic E-state index is 6.07. The molecule has 2 N–H and O–H groups in total. The molecule has 0 spiro atoms. The first-order chi connectivity index (χ1) is 8.08. The molecule has 0 bridgehead atoms. The number of nitrogens with zero attached hydrogens (tertiary/aromatic N) is 2. The van der Waals surface area contributed by atoms with Crippen LogP contribution in [0.25, 0.3) is 0 Å². The van der Waals surface area contributed by atoms with Crippen LogP contribution in [0.4, 0.5) is 0 Å². The molecule has 1 rings (SSSR count). The van der Waals surface area contributed by atoms with Gasteiger partial charge in [0, 0.05) is 12.8 Å². The first-order valence-electron chi connectivity index (χ1n) is 6.20. The van der Waals surface area contributed by atoms with E-state index in [0.717, 1.165) is 30.1 Å². The van der Waals surface area contributed by atoms with Gasteiger partial charge in [-0.25, -0.2) is 9.97 Å². The maximum absolute atomic E-state index is 6.07. The summed E-state index contributed by atoms with van der Waals surface area (Å²) < 4.78 is 5.13. The second-order valence-electron chi connectivity index (χ2n) is 4.63. The highest BCUT2D eigenvalue weighted by molar-refractivity contribution is 5.15. The average molecular weight is 237 g/mol. The van der Waals surface area contributed by atoms with Crippen LogP contribution in [0.2, 0.25) is 0 Å². The first-order valence-corrected chi connectivity index (χ1v) is 6.20. The van der Waals surface area contributed by atoms with Gasteiger partial charge >= 0.3 is 0 Å². The number of ether oxygens (including phenoxy) is 1. The van der Waals surface area contributed by atoms with Crippen LogP contribution in [0.3, 0.4) is 0 Å². The molecule has 1 unspecified atom stereocenters. The van der Waals surface area contributed by atoms with E-state index in [9.17, 15) is 0 Å². The summed E-state index contributed by atoms with van der Waals surface area (Å²) >= 11 is 0. The van der Waals surface area contributed by atoms with Crippen molar-refractivity contribution in [1.29, 1.82) is 0 Å². The van der Waals surface area contributed by atoms with E-state index in [1.54, 1.807) is 7.11 Å². The molecule has 1 atom stereocenters. The van der Waals surface area contributed by atoms with Crippen LogP contribution in [0.15, 0.2) is 6.07 Å². The molecule has 0 amide bonds. The van der Waals surface area contributed by atoms with Gasteiger partial charge in [-0.1, -0.05) is 27.2 Å². The summed E-state index contributed by atoms with van der Waals surface area (Å²) in [6.07, 6.45) is 1.95. The second-order valence-corrected chi connectivity index (χ2v) is 4.63. The molecule has 4 heteroatoms. The Morgan fingerprint density at radius 3 is 2.59 bits per heavy atom. The van der Waals surface area contributed by atoms with Gasteiger partial charge in [0.2, 0.25) is 0 Å². The van der Waals surface area contributed by atoms with Crippen LogP contribution in [0, 0.1) is 0 Å². The standard InChI is InChI=1S/C13H23N3O/c1-5-6-11(14)13-15-10(8-17-4)7-12(16-13)9(2)3/h7,9,11H,5-6,8,14H2,1-4H3. The van der Waals surface area contributed by atoms with Crippen LogP contribution in [0.1, 0.15) is 62.8 Å². The summed E-state index contributed by atoms with van der Waals surface area (Å²) in [4.78, 5) is 9.00. The third kappa shape index (κ3) is 4.06. The number of methoxy groups -OCH3 is 1. The Labute approximate surface area is 104 Å². The Morgan fingerprint density at radius 1 is 1.35 bits per heavy atom. The molecule has 0 aliphatic rings. The van der Waals surface area contributed by atoms with Gasteiger partial charge in [0.15, 0.2) is 0 Å². The molecule has 0 fully saturated rings. The lowest BCUT2D eigenvalue weighted by Crippen LogP contribution is -2.16. The first kappa shape index (κ1) is 14.1. The monoisotopic (exact) mass is 237 g/mol. The number of aromatic nitrogens is 2. The van der Waals surface area contributed by atoms with E-state index in [-0.39, 0.29) is 6.04 Å². The minimum atomic E-state index is -0.0747. The quantitative estimate of drug-likeness (QED) is 0.826. The molecule has 0 radical (unpaired) electrons. The van der Waals surface area contributed by atoms with E-state index in [1.165, 1.54) is 0 Å². The Balaban J connectivity index is 3.02. The average Bonchev–Trinajstić information content (AvgIpc) is 2.29. The Morgan fingerprint density at radius 2 is 2.06 bits per heavy atom. The lowest BCUT2D eigenvalue weighted by Gasteiger charge is -2.14. The van der Waals surface area contributed by atoms with Gasteiger partial charge < -0.3 is 10.5 Å². The smallest absolute Gasteiger partial charge is 0.145 e. The second kappa shape index (κ2) is 6.67. The fraction of sp³-hybridized carbons (Fsp3) is 0.692. The van der Waals surface area contributed by atoms with E-state index in [0.29, 0.717) is 12.5 Å². The molecule has 96 valence electrons. The van der Waals surface area contributed by atoms with Gasteiger partial charge in [-0.05, 0) is 18.4 Å². The molecule has 4 nitrogen and oxygen atoms in total. The van der Waals surface area contributed by atoms with E-state index in [1.807, 2.05) is 6.07 Å². The zero-order valence-electron chi connectivity index (χ0n) is 11.2. The van der Waals surface area contributed by atoms with Crippen LogP contribution in [0.5, 0.6) is 0 Å². The summed E-state index contributed by atoms with van der Waals surface area (Å²) in [5.74, 6) is 1.12. The highest BCUT2D eigenvalue weighted by Crippen LogP contribution is 2.18. The highest BCUT2D eigenvalue weighted by atomic mass is 16.5. The third-order valence-corrected chi connectivity index (χ3v) is 2.63. The van der Waals surface area contributed by atoms with E-state index in [2.05, 4.69) is 30.7 Å². The lowest BCUT2D eigenvalue weighted by atomic mass is 10.1. The van der Waals surface area contributed by atoms with Crippen molar-refractivity contribution in [3.05, 3.63) is 23.3 Å². The molecule has 1 heterocycles. The zero-order chi connectivity index (χ0) is 12.8. The Kier molecular flexibility index (Phi) is 5.51. The lowest BCUT2D eigenvalue weighted by molar-refractivity contribution is 0.181. The number of hydrogen-bond donors (Lipinski definition) is 1. The molecule has 0 saturated heterocycles. The van der Waals surface area contributed by atoms with Crippen LogP contribution < -0.4 is 5.73 Å². The minimum absolute atomic E-state index is 0.0747. The van der Waals surface area contributed by atoms with Crippen molar-refractivity contribution in [2.24, 2.45) is 5.73 Å². The van der Waals surface area contributed by atoms with E-state index in [4.69, 9.17) is 10.5 Å². The molecule has 17 heavy (non-hydrogen) atoms. The van der Waals surface area contributed by atoms with Crippen molar-refractivity contribution in [2.75, 3.05) is 7.11 Å².